The zero-order valence-corrected chi connectivity index (χ0v) is 22.7. The molecule has 0 bridgehead atoms. The van der Waals surface area contributed by atoms with Gasteiger partial charge in [0.05, 0.1) is 5.69 Å². The highest BCUT2D eigenvalue weighted by Gasteiger charge is 2.28. The van der Waals surface area contributed by atoms with E-state index in [2.05, 4.69) is 20.6 Å². The first-order valence-electron chi connectivity index (χ1n) is 12.5. The maximum atomic E-state index is 12.3. The normalized spacial score (nSPS) is 14.3. The standard InChI is InChI=1S/C14H19N3O2.C13H15N5O/c1-9-12(11(18)5-7-16(3)4)10(2)17-8-6-15-14(19)13(9)17;1-7-10(9-3-4-16-13(14)17-9)8(2)18-6-5-15-12(19)11(7)18/h5,7H,6,8H2,1-4H3,(H,15,19);3-4H,5-6H2,1-2H3,(H,15,19)(H2,14,16,17)/b7-5+;. The van der Waals surface area contributed by atoms with Crippen LogP contribution in [0.3, 0.4) is 0 Å². The number of nitrogens with one attached hydrogen (secondary N) is 2. The average Bonchev–Trinajstić information content (AvgIpc) is 3.28. The summed E-state index contributed by atoms with van der Waals surface area (Å²) >= 11 is 0. The van der Waals surface area contributed by atoms with Gasteiger partial charge in [-0.25, -0.2) is 9.97 Å². The highest BCUT2D eigenvalue weighted by Crippen LogP contribution is 2.32. The number of carbonyl (C=O) groups excluding carboxylic acids is 3. The number of carbonyl (C=O) groups is 3. The number of nitrogen functional groups attached to an aromatic ring is 1. The van der Waals surface area contributed by atoms with Gasteiger partial charge in [0.1, 0.15) is 11.4 Å². The van der Waals surface area contributed by atoms with Gasteiger partial charge in [-0.15, -0.1) is 0 Å². The van der Waals surface area contributed by atoms with Crippen LogP contribution in [0, 0.1) is 27.7 Å². The van der Waals surface area contributed by atoms with Crippen LogP contribution in [0.2, 0.25) is 0 Å². The smallest absolute Gasteiger partial charge is 0.268 e. The molecule has 200 valence electrons. The Labute approximate surface area is 221 Å². The van der Waals surface area contributed by atoms with E-state index in [1.807, 2.05) is 61.9 Å². The molecule has 5 rings (SSSR count). The summed E-state index contributed by atoms with van der Waals surface area (Å²) in [6.45, 7) is 10.5. The van der Waals surface area contributed by atoms with Crippen LogP contribution in [0.4, 0.5) is 5.95 Å². The van der Waals surface area contributed by atoms with Crippen molar-refractivity contribution >= 4 is 23.5 Å². The van der Waals surface area contributed by atoms with E-state index < -0.39 is 0 Å². The second-order valence-corrected chi connectivity index (χ2v) is 9.63. The summed E-state index contributed by atoms with van der Waals surface area (Å²) in [6.07, 6.45) is 4.89. The van der Waals surface area contributed by atoms with E-state index in [1.54, 1.807) is 18.5 Å². The highest BCUT2D eigenvalue weighted by atomic mass is 16.2. The minimum Gasteiger partial charge on any atom is -0.383 e. The van der Waals surface area contributed by atoms with Gasteiger partial charge in [-0.05, 0) is 44.9 Å². The predicted molar refractivity (Wildman–Crippen MR) is 145 cm³/mol. The molecule has 0 aliphatic carbocycles. The van der Waals surface area contributed by atoms with E-state index in [0.717, 1.165) is 52.6 Å². The van der Waals surface area contributed by atoms with Crippen molar-refractivity contribution in [2.24, 2.45) is 0 Å². The number of nitrogens with two attached hydrogens (primary N) is 1. The number of allylic oxidation sites excluding steroid dienone is 1. The van der Waals surface area contributed by atoms with Crippen molar-refractivity contribution in [2.75, 3.05) is 32.9 Å². The zero-order valence-electron chi connectivity index (χ0n) is 22.7. The van der Waals surface area contributed by atoms with Gasteiger partial charge < -0.3 is 30.4 Å². The van der Waals surface area contributed by atoms with E-state index >= 15 is 0 Å². The molecule has 2 aliphatic heterocycles. The number of aromatic nitrogens is 4. The lowest BCUT2D eigenvalue weighted by molar-refractivity contribution is 0.0918. The summed E-state index contributed by atoms with van der Waals surface area (Å²) in [5, 5.41) is 5.68. The Morgan fingerprint density at radius 2 is 1.55 bits per heavy atom. The summed E-state index contributed by atoms with van der Waals surface area (Å²) in [5.41, 5.74) is 13.0. The highest BCUT2D eigenvalue weighted by molar-refractivity contribution is 6.09. The molecule has 4 N–H and O–H groups in total. The number of rotatable bonds is 4. The van der Waals surface area contributed by atoms with Gasteiger partial charge in [0.25, 0.3) is 11.8 Å². The van der Waals surface area contributed by atoms with E-state index in [1.165, 1.54) is 0 Å². The van der Waals surface area contributed by atoms with Crippen molar-refractivity contribution < 1.29 is 14.4 Å². The molecule has 2 amide bonds. The van der Waals surface area contributed by atoms with Gasteiger partial charge >= 0.3 is 0 Å². The van der Waals surface area contributed by atoms with Crippen LogP contribution in [0.25, 0.3) is 11.3 Å². The van der Waals surface area contributed by atoms with Crippen LogP contribution in [-0.2, 0) is 13.1 Å². The second-order valence-electron chi connectivity index (χ2n) is 9.63. The van der Waals surface area contributed by atoms with Gasteiger partial charge in [0, 0.05) is 81.3 Å². The first-order valence-corrected chi connectivity index (χ1v) is 12.5. The third kappa shape index (κ3) is 4.79. The Kier molecular flexibility index (Phi) is 7.38. The number of hydrogen-bond donors (Lipinski definition) is 3. The lowest BCUT2D eigenvalue weighted by Gasteiger charge is -2.17. The summed E-state index contributed by atoms with van der Waals surface area (Å²) in [7, 11) is 3.73. The number of ketones is 1. The molecule has 0 saturated heterocycles. The number of amides is 2. The first kappa shape index (κ1) is 26.6. The molecular formula is C27H34N8O3. The molecule has 3 aromatic heterocycles. The van der Waals surface area contributed by atoms with Crippen molar-refractivity contribution in [3.8, 4) is 11.3 Å². The lowest BCUT2D eigenvalue weighted by Crippen LogP contribution is -2.35. The van der Waals surface area contributed by atoms with Gasteiger partial charge in [0.15, 0.2) is 5.78 Å². The Balaban J connectivity index is 0.000000177. The van der Waals surface area contributed by atoms with E-state index in [9.17, 15) is 14.4 Å². The molecular weight excluding hydrogens is 484 g/mol. The van der Waals surface area contributed by atoms with Crippen molar-refractivity contribution in [3.05, 3.63) is 64.0 Å². The minimum absolute atomic E-state index is 0.0277. The first-order chi connectivity index (χ1) is 18.0. The van der Waals surface area contributed by atoms with Crippen LogP contribution < -0.4 is 16.4 Å². The SMILES string of the molecule is Cc1c(-c2ccnc(N)n2)c(C)n2c1C(=O)NCC2.Cc1c(C(=O)/C=C/N(C)C)c(C)n2c1C(=O)NCC2. The van der Waals surface area contributed by atoms with Crippen LogP contribution in [0.1, 0.15) is 53.8 Å². The molecule has 0 saturated carbocycles. The lowest BCUT2D eigenvalue weighted by atomic mass is 10.1. The molecule has 38 heavy (non-hydrogen) atoms. The fraction of sp³-hybridized carbons (Fsp3) is 0.370. The van der Waals surface area contributed by atoms with Crippen molar-refractivity contribution in [2.45, 2.75) is 40.8 Å². The van der Waals surface area contributed by atoms with Crippen molar-refractivity contribution in [1.29, 1.82) is 0 Å². The van der Waals surface area contributed by atoms with Gasteiger partial charge in [-0.1, -0.05) is 0 Å². The molecule has 0 unspecified atom stereocenters. The average molecular weight is 519 g/mol. The third-order valence-electron chi connectivity index (χ3n) is 6.91. The van der Waals surface area contributed by atoms with E-state index in [4.69, 9.17) is 5.73 Å². The Hall–Kier alpha value is -4.41. The molecule has 3 aromatic rings. The Bertz CT molecular complexity index is 1460. The second kappa shape index (κ2) is 10.5. The maximum absolute atomic E-state index is 12.3. The molecule has 2 aliphatic rings. The molecule has 0 atom stereocenters. The molecule has 0 spiro atoms. The number of fused-ring (bicyclic) bond motifs is 2. The van der Waals surface area contributed by atoms with Crippen molar-refractivity contribution in [3.63, 3.8) is 0 Å². The Morgan fingerprint density at radius 1 is 0.974 bits per heavy atom. The van der Waals surface area contributed by atoms with Crippen molar-refractivity contribution in [1.82, 2.24) is 34.6 Å². The molecule has 11 nitrogen and oxygen atoms in total. The maximum Gasteiger partial charge on any atom is 0.268 e. The molecule has 5 heterocycles. The van der Waals surface area contributed by atoms with E-state index in [0.29, 0.717) is 24.3 Å². The molecule has 11 heteroatoms. The summed E-state index contributed by atoms with van der Waals surface area (Å²) in [5.74, 6) is 0.0611. The van der Waals surface area contributed by atoms with Gasteiger partial charge in [-0.2, -0.15) is 0 Å². The molecule has 0 aromatic carbocycles. The van der Waals surface area contributed by atoms with Crippen LogP contribution in [0.5, 0.6) is 0 Å². The fourth-order valence-electron chi connectivity index (χ4n) is 5.22. The van der Waals surface area contributed by atoms with E-state index in [-0.39, 0.29) is 23.5 Å². The quantitative estimate of drug-likeness (QED) is 0.354. The monoisotopic (exact) mass is 518 g/mol. The zero-order chi connectivity index (χ0) is 27.7. The van der Waals surface area contributed by atoms with Crippen LogP contribution in [-0.4, -0.2) is 68.8 Å². The number of anilines is 1. The predicted octanol–water partition coefficient (Wildman–Crippen LogP) is 1.99. The van der Waals surface area contributed by atoms with Gasteiger partial charge in [-0.3, -0.25) is 14.4 Å². The number of hydrogen-bond acceptors (Lipinski definition) is 7. The summed E-state index contributed by atoms with van der Waals surface area (Å²) in [4.78, 5) is 46.1. The molecule has 0 radical (unpaired) electrons. The molecule has 0 fully saturated rings. The topological polar surface area (TPSA) is 140 Å². The van der Waals surface area contributed by atoms with Crippen LogP contribution >= 0.6 is 0 Å². The third-order valence-corrected chi connectivity index (χ3v) is 6.91. The largest absolute Gasteiger partial charge is 0.383 e. The summed E-state index contributed by atoms with van der Waals surface area (Å²) in [6, 6.07) is 1.82. The summed E-state index contributed by atoms with van der Waals surface area (Å²) < 4.78 is 3.98. The fourth-order valence-corrected chi connectivity index (χ4v) is 5.22. The Morgan fingerprint density at radius 3 is 2.08 bits per heavy atom. The van der Waals surface area contributed by atoms with Crippen LogP contribution in [0.15, 0.2) is 24.5 Å². The van der Waals surface area contributed by atoms with Gasteiger partial charge in [0.2, 0.25) is 5.95 Å². The number of nitrogens with zero attached hydrogens (tertiary/aromatic N) is 5. The minimum atomic E-state index is -0.0949.